The van der Waals surface area contributed by atoms with E-state index in [-0.39, 0.29) is 6.42 Å². The van der Waals surface area contributed by atoms with Crippen molar-refractivity contribution in [3.63, 3.8) is 0 Å². The van der Waals surface area contributed by atoms with Crippen LogP contribution in [0.5, 0.6) is 0 Å². The quantitative estimate of drug-likeness (QED) is 0.778. The number of rotatable bonds is 7. The average molecular weight is 275 g/mol. The summed E-state index contributed by atoms with van der Waals surface area (Å²) in [5, 5.41) is 9.12. The highest BCUT2D eigenvalue weighted by molar-refractivity contribution is 7.84. The van der Waals surface area contributed by atoms with Gasteiger partial charge in [-0.05, 0) is 30.5 Å². The zero-order valence-electron chi connectivity index (χ0n) is 9.39. The zero-order valence-corrected chi connectivity index (χ0v) is 11.0. The van der Waals surface area contributed by atoms with Gasteiger partial charge in [0.25, 0.3) is 0 Å². The van der Waals surface area contributed by atoms with Crippen LogP contribution in [0.2, 0.25) is 5.02 Å². The summed E-state index contributed by atoms with van der Waals surface area (Å²) in [7, 11) is -0.928. The second-order valence-electron chi connectivity index (χ2n) is 3.77. The van der Waals surface area contributed by atoms with E-state index in [4.69, 9.17) is 16.7 Å². The fourth-order valence-corrected chi connectivity index (χ4v) is 2.74. The molecule has 0 fully saturated rings. The third-order valence-electron chi connectivity index (χ3n) is 2.25. The molecular formula is C12H15ClO3S. The van der Waals surface area contributed by atoms with Crippen molar-refractivity contribution in [2.24, 2.45) is 0 Å². The molecule has 1 aromatic carbocycles. The van der Waals surface area contributed by atoms with Crippen molar-refractivity contribution in [2.75, 3.05) is 5.75 Å². The lowest BCUT2D eigenvalue weighted by atomic mass is 10.2. The molecule has 0 spiro atoms. The number of unbranched alkanes of at least 4 members (excludes halogenated alkanes) is 1. The van der Waals surface area contributed by atoms with Gasteiger partial charge in [-0.1, -0.05) is 23.7 Å². The van der Waals surface area contributed by atoms with Gasteiger partial charge in [-0.2, -0.15) is 0 Å². The molecule has 0 radical (unpaired) electrons. The van der Waals surface area contributed by atoms with E-state index in [0.717, 1.165) is 5.56 Å². The second-order valence-corrected chi connectivity index (χ2v) is 5.78. The molecular weight excluding hydrogens is 260 g/mol. The summed E-state index contributed by atoms with van der Waals surface area (Å²) < 4.78 is 11.7. The molecule has 1 unspecified atom stereocenters. The van der Waals surface area contributed by atoms with E-state index in [1.165, 1.54) is 0 Å². The first-order chi connectivity index (χ1) is 8.08. The van der Waals surface area contributed by atoms with Crippen LogP contribution in [-0.4, -0.2) is 21.0 Å². The van der Waals surface area contributed by atoms with Crippen LogP contribution in [0.15, 0.2) is 24.3 Å². The van der Waals surface area contributed by atoms with Crippen molar-refractivity contribution in [3.05, 3.63) is 34.9 Å². The molecule has 0 saturated heterocycles. The van der Waals surface area contributed by atoms with Crippen LogP contribution in [0.25, 0.3) is 0 Å². The number of carboxylic acid groups (broad SMARTS) is 1. The molecule has 3 nitrogen and oxygen atoms in total. The minimum Gasteiger partial charge on any atom is -0.481 e. The van der Waals surface area contributed by atoms with Crippen LogP contribution in [0, 0.1) is 0 Å². The van der Waals surface area contributed by atoms with Crippen LogP contribution in [0.4, 0.5) is 0 Å². The fourth-order valence-electron chi connectivity index (χ4n) is 1.38. The Bertz CT molecular complexity index is 389. The fraction of sp³-hybridized carbons (Fsp3) is 0.417. The van der Waals surface area contributed by atoms with Gasteiger partial charge in [0, 0.05) is 33.7 Å². The minimum absolute atomic E-state index is 0.151. The van der Waals surface area contributed by atoms with Crippen molar-refractivity contribution in [1.29, 1.82) is 0 Å². The van der Waals surface area contributed by atoms with Crippen molar-refractivity contribution in [1.82, 2.24) is 0 Å². The van der Waals surface area contributed by atoms with Gasteiger partial charge in [-0.3, -0.25) is 9.00 Å². The van der Waals surface area contributed by atoms with Gasteiger partial charge in [0.05, 0.1) is 0 Å². The molecule has 0 aliphatic carbocycles. The lowest BCUT2D eigenvalue weighted by Crippen LogP contribution is -2.02. The minimum atomic E-state index is -0.928. The van der Waals surface area contributed by atoms with Gasteiger partial charge >= 0.3 is 5.97 Å². The normalized spacial score (nSPS) is 12.3. The van der Waals surface area contributed by atoms with Crippen LogP contribution in [-0.2, 0) is 21.3 Å². The van der Waals surface area contributed by atoms with Crippen molar-refractivity contribution in [2.45, 2.75) is 25.0 Å². The van der Waals surface area contributed by atoms with Crippen LogP contribution >= 0.6 is 11.6 Å². The highest BCUT2D eigenvalue weighted by Crippen LogP contribution is 2.11. The first-order valence-corrected chi connectivity index (χ1v) is 7.26. The molecule has 0 bridgehead atoms. The molecule has 0 saturated carbocycles. The molecule has 1 N–H and O–H groups in total. The van der Waals surface area contributed by atoms with E-state index in [1.54, 1.807) is 12.1 Å². The van der Waals surface area contributed by atoms with Gasteiger partial charge < -0.3 is 5.11 Å². The molecule has 0 heterocycles. The molecule has 0 aliphatic rings. The maximum Gasteiger partial charge on any atom is 0.303 e. The van der Waals surface area contributed by atoms with Gasteiger partial charge in [0.2, 0.25) is 0 Å². The Kier molecular flexibility index (Phi) is 6.22. The van der Waals surface area contributed by atoms with E-state index in [2.05, 4.69) is 0 Å². The highest BCUT2D eigenvalue weighted by atomic mass is 35.5. The Morgan fingerprint density at radius 3 is 2.47 bits per heavy atom. The first-order valence-electron chi connectivity index (χ1n) is 5.39. The monoisotopic (exact) mass is 274 g/mol. The van der Waals surface area contributed by atoms with Crippen LogP contribution < -0.4 is 0 Å². The maximum absolute atomic E-state index is 11.7. The summed E-state index contributed by atoms with van der Waals surface area (Å²) in [6.07, 6.45) is 1.42. The summed E-state index contributed by atoms with van der Waals surface area (Å²) >= 11 is 5.75. The molecule has 0 aliphatic heterocycles. The Morgan fingerprint density at radius 2 is 1.88 bits per heavy atom. The number of carboxylic acids is 1. The van der Waals surface area contributed by atoms with Crippen molar-refractivity contribution in [3.8, 4) is 0 Å². The van der Waals surface area contributed by atoms with Crippen LogP contribution in [0.1, 0.15) is 24.8 Å². The summed E-state index contributed by atoms with van der Waals surface area (Å²) in [5.74, 6) is 0.258. The molecule has 17 heavy (non-hydrogen) atoms. The molecule has 5 heteroatoms. The van der Waals surface area contributed by atoms with Gasteiger partial charge in [0.15, 0.2) is 0 Å². The summed E-state index contributed by atoms with van der Waals surface area (Å²) in [4.78, 5) is 10.3. The number of aliphatic carboxylic acids is 1. The highest BCUT2D eigenvalue weighted by Gasteiger charge is 2.03. The number of carbonyl (C=O) groups is 1. The topological polar surface area (TPSA) is 54.4 Å². The third-order valence-corrected chi connectivity index (χ3v) is 3.90. The lowest BCUT2D eigenvalue weighted by molar-refractivity contribution is -0.137. The number of halogens is 1. The summed E-state index contributed by atoms with van der Waals surface area (Å²) in [6.45, 7) is 0. The largest absolute Gasteiger partial charge is 0.481 e. The van der Waals surface area contributed by atoms with E-state index < -0.39 is 16.8 Å². The third kappa shape index (κ3) is 6.44. The van der Waals surface area contributed by atoms with E-state index in [1.807, 2.05) is 12.1 Å². The smallest absolute Gasteiger partial charge is 0.303 e. The average Bonchev–Trinajstić information content (AvgIpc) is 2.27. The number of hydrogen-bond acceptors (Lipinski definition) is 2. The first kappa shape index (κ1) is 14.2. The Labute approximate surface area is 108 Å². The molecule has 1 aromatic rings. The van der Waals surface area contributed by atoms with Crippen LogP contribution in [0.3, 0.4) is 0 Å². The van der Waals surface area contributed by atoms with Crippen molar-refractivity contribution >= 4 is 28.4 Å². The van der Waals surface area contributed by atoms with E-state index in [0.29, 0.717) is 29.4 Å². The second kappa shape index (κ2) is 7.45. The van der Waals surface area contributed by atoms with E-state index in [9.17, 15) is 9.00 Å². The lowest BCUT2D eigenvalue weighted by Gasteiger charge is -2.02. The predicted octanol–water partition coefficient (Wildman–Crippen LogP) is 2.84. The number of hydrogen-bond donors (Lipinski definition) is 1. The molecule has 0 amide bonds. The van der Waals surface area contributed by atoms with Gasteiger partial charge in [-0.15, -0.1) is 0 Å². The summed E-state index contributed by atoms with van der Waals surface area (Å²) in [5.41, 5.74) is 0.992. The Balaban J connectivity index is 2.25. The molecule has 0 aromatic heterocycles. The molecule has 94 valence electrons. The summed E-state index contributed by atoms with van der Waals surface area (Å²) in [6, 6.07) is 7.27. The van der Waals surface area contributed by atoms with E-state index >= 15 is 0 Å². The molecule has 1 atom stereocenters. The predicted molar refractivity (Wildman–Crippen MR) is 69.7 cm³/mol. The van der Waals surface area contributed by atoms with Gasteiger partial charge in [0.1, 0.15) is 0 Å². The SMILES string of the molecule is O=C(O)CCCCS(=O)Cc1ccc(Cl)cc1. The number of benzene rings is 1. The standard InChI is InChI=1S/C12H15ClO3S/c13-11-6-4-10(5-7-11)9-17(16)8-2-1-3-12(14)15/h4-7H,1-3,8-9H2,(H,14,15). The van der Waals surface area contributed by atoms with Gasteiger partial charge in [-0.25, -0.2) is 0 Å². The Morgan fingerprint density at radius 1 is 1.24 bits per heavy atom. The maximum atomic E-state index is 11.7. The Hall–Kier alpha value is -0.870. The molecule has 1 rings (SSSR count). The van der Waals surface area contributed by atoms with Crippen molar-refractivity contribution < 1.29 is 14.1 Å². The zero-order chi connectivity index (χ0) is 12.7.